The van der Waals surface area contributed by atoms with Gasteiger partial charge in [-0.3, -0.25) is 4.79 Å². The molecule has 0 fully saturated rings. The third-order valence-electron chi connectivity index (χ3n) is 5.82. The zero-order chi connectivity index (χ0) is 21.7. The third kappa shape index (κ3) is 2.79. The van der Waals surface area contributed by atoms with Crippen molar-refractivity contribution in [2.24, 2.45) is 0 Å². The lowest BCUT2D eigenvalue weighted by Crippen LogP contribution is -2.19. The molecule has 32 heavy (non-hydrogen) atoms. The monoisotopic (exact) mass is 417 g/mol. The van der Waals surface area contributed by atoms with Crippen LogP contribution < -0.4 is 5.56 Å². The van der Waals surface area contributed by atoms with Crippen LogP contribution in [-0.4, -0.2) is 14.6 Å². The predicted molar refractivity (Wildman–Crippen MR) is 127 cm³/mol. The first-order chi connectivity index (χ1) is 15.7. The Balaban J connectivity index is 1.68. The number of aryl methyl sites for hydroxylation is 1. The Labute approximate surface area is 183 Å². The van der Waals surface area contributed by atoms with E-state index in [1.54, 1.807) is 6.26 Å². The fourth-order valence-corrected chi connectivity index (χ4v) is 4.33. The maximum absolute atomic E-state index is 13.7. The van der Waals surface area contributed by atoms with Crippen molar-refractivity contribution in [3.63, 3.8) is 0 Å². The molecule has 0 aliphatic rings. The van der Waals surface area contributed by atoms with E-state index in [4.69, 9.17) is 9.52 Å². The van der Waals surface area contributed by atoms with Crippen LogP contribution >= 0.6 is 0 Å². The lowest BCUT2D eigenvalue weighted by Gasteiger charge is -2.08. The molecule has 3 aromatic heterocycles. The Bertz CT molecular complexity index is 1640. The van der Waals surface area contributed by atoms with Crippen LogP contribution in [0.15, 0.2) is 100 Å². The summed E-state index contributed by atoms with van der Waals surface area (Å²) in [6.07, 6.45) is 1.65. The first-order valence-electron chi connectivity index (χ1n) is 10.4. The number of benzene rings is 3. The molecule has 0 atom stereocenters. The number of aromatic amines is 1. The molecule has 5 heteroatoms. The van der Waals surface area contributed by atoms with E-state index in [2.05, 4.69) is 4.98 Å². The van der Waals surface area contributed by atoms with Crippen molar-refractivity contribution in [1.29, 1.82) is 0 Å². The minimum absolute atomic E-state index is 0.154. The molecule has 0 amide bonds. The van der Waals surface area contributed by atoms with E-state index in [9.17, 15) is 4.79 Å². The normalized spacial score (nSPS) is 11.4. The standard InChI is InChI=1S/C27H19N3O2/c1-17-23(21-12-13-22-20(16-21)14-15-32-22)27(31)30-26(28-17)24(18-8-4-2-5-9-18)25(29-30)19-10-6-3-7-11-19/h2-16,28H,1H3. The summed E-state index contributed by atoms with van der Waals surface area (Å²) >= 11 is 0. The fraction of sp³-hybridized carbons (Fsp3) is 0.0370. The Morgan fingerprint density at radius 3 is 2.28 bits per heavy atom. The van der Waals surface area contributed by atoms with E-state index in [0.717, 1.165) is 44.6 Å². The summed E-state index contributed by atoms with van der Waals surface area (Å²) in [6.45, 7) is 1.93. The highest BCUT2D eigenvalue weighted by Gasteiger charge is 2.21. The second kappa shape index (κ2) is 7.10. The van der Waals surface area contributed by atoms with Gasteiger partial charge in [-0.2, -0.15) is 9.61 Å². The smallest absolute Gasteiger partial charge is 0.282 e. The van der Waals surface area contributed by atoms with Crippen molar-refractivity contribution in [2.75, 3.05) is 0 Å². The number of nitrogens with one attached hydrogen (secondary N) is 1. The second-order valence-corrected chi connectivity index (χ2v) is 7.82. The number of H-pyrrole nitrogens is 1. The van der Waals surface area contributed by atoms with Crippen LogP contribution in [0.25, 0.3) is 50.1 Å². The van der Waals surface area contributed by atoms with Crippen molar-refractivity contribution >= 4 is 16.6 Å². The maximum Gasteiger partial charge on any atom is 0.282 e. The van der Waals surface area contributed by atoms with Gasteiger partial charge in [0.25, 0.3) is 5.56 Å². The number of hydrogen-bond acceptors (Lipinski definition) is 3. The zero-order valence-electron chi connectivity index (χ0n) is 17.4. The quantitative estimate of drug-likeness (QED) is 0.380. The molecular formula is C27H19N3O2. The molecular weight excluding hydrogens is 398 g/mol. The van der Waals surface area contributed by atoms with Crippen LogP contribution in [0, 0.1) is 6.92 Å². The van der Waals surface area contributed by atoms with Gasteiger partial charge < -0.3 is 9.40 Å². The Kier molecular flexibility index (Phi) is 4.08. The largest absolute Gasteiger partial charge is 0.464 e. The molecule has 0 saturated carbocycles. The summed E-state index contributed by atoms with van der Waals surface area (Å²) in [5.74, 6) is 0. The van der Waals surface area contributed by atoms with Gasteiger partial charge in [-0.15, -0.1) is 0 Å². The van der Waals surface area contributed by atoms with E-state index >= 15 is 0 Å². The number of hydrogen-bond donors (Lipinski definition) is 1. The topological polar surface area (TPSA) is 63.3 Å². The van der Waals surface area contributed by atoms with Gasteiger partial charge >= 0.3 is 0 Å². The van der Waals surface area contributed by atoms with E-state index < -0.39 is 0 Å². The molecule has 0 spiro atoms. The molecule has 0 aliphatic carbocycles. The van der Waals surface area contributed by atoms with E-state index in [-0.39, 0.29) is 5.56 Å². The van der Waals surface area contributed by atoms with Crippen LogP contribution in [0.4, 0.5) is 0 Å². The Morgan fingerprint density at radius 1 is 0.812 bits per heavy atom. The van der Waals surface area contributed by atoms with Gasteiger partial charge in [0.1, 0.15) is 16.9 Å². The predicted octanol–water partition coefficient (Wildman–Crippen LogP) is 6.08. The van der Waals surface area contributed by atoms with Gasteiger partial charge in [-0.05, 0) is 36.2 Å². The Morgan fingerprint density at radius 2 is 1.53 bits per heavy atom. The molecule has 0 saturated heterocycles. The van der Waals surface area contributed by atoms with Gasteiger partial charge in [0, 0.05) is 16.6 Å². The third-order valence-corrected chi connectivity index (χ3v) is 5.82. The van der Waals surface area contributed by atoms with Gasteiger partial charge in [0.15, 0.2) is 0 Å². The van der Waals surface area contributed by atoms with Crippen molar-refractivity contribution in [1.82, 2.24) is 14.6 Å². The van der Waals surface area contributed by atoms with Gasteiger partial charge in [0.2, 0.25) is 0 Å². The second-order valence-electron chi connectivity index (χ2n) is 7.82. The number of aromatic nitrogens is 3. The molecule has 1 N–H and O–H groups in total. The number of nitrogens with zero attached hydrogens (tertiary/aromatic N) is 2. The van der Waals surface area contributed by atoms with E-state index in [1.165, 1.54) is 4.52 Å². The molecule has 5 nitrogen and oxygen atoms in total. The highest BCUT2D eigenvalue weighted by atomic mass is 16.3. The minimum atomic E-state index is -0.154. The molecule has 3 heterocycles. The Hall–Kier alpha value is -4.38. The van der Waals surface area contributed by atoms with Crippen LogP contribution in [0.2, 0.25) is 0 Å². The molecule has 0 aliphatic heterocycles. The maximum atomic E-state index is 13.7. The lowest BCUT2D eigenvalue weighted by molar-refractivity contribution is 0.616. The van der Waals surface area contributed by atoms with Gasteiger partial charge in [-0.25, -0.2) is 0 Å². The van der Waals surface area contributed by atoms with Crippen molar-refractivity contribution < 1.29 is 4.42 Å². The highest BCUT2D eigenvalue weighted by molar-refractivity contribution is 5.91. The summed E-state index contributed by atoms with van der Waals surface area (Å²) in [5, 5.41) is 5.75. The number of rotatable bonds is 3. The molecule has 6 rings (SSSR count). The molecule has 0 unspecified atom stereocenters. The van der Waals surface area contributed by atoms with Gasteiger partial charge in [-0.1, -0.05) is 66.7 Å². The summed E-state index contributed by atoms with van der Waals surface area (Å²) in [7, 11) is 0. The van der Waals surface area contributed by atoms with Crippen molar-refractivity contribution in [2.45, 2.75) is 6.92 Å². The minimum Gasteiger partial charge on any atom is -0.464 e. The van der Waals surface area contributed by atoms with Crippen molar-refractivity contribution in [3.8, 4) is 33.5 Å². The van der Waals surface area contributed by atoms with Crippen LogP contribution in [0.1, 0.15) is 5.69 Å². The molecule has 0 radical (unpaired) electrons. The summed E-state index contributed by atoms with van der Waals surface area (Å²) in [4.78, 5) is 17.2. The molecule has 6 aromatic rings. The zero-order valence-corrected chi connectivity index (χ0v) is 17.4. The van der Waals surface area contributed by atoms with Crippen molar-refractivity contribution in [3.05, 3.63) is 107 Å². The first kappa shape index (κ1) is 18.4. The summed E-state index contributed by atoms with van der Waals surface area (Å²) in [5.41, 5.74) is 7.19. The highest BCUT2D eigenvalue weighted by Crippen LogP contribution is 2.35. The van der Waals surface area contributed by atoms with E-state index in [0.29, 0.717) is 11.2 Å². The molecule has 0 bridgehead atoms. The van der Waals surface area contributed by atoms with Gasteiger partial charge in [0.05, 0.1) is 17.4 Å². The van der Waals surface area contributed by atoms with Crippen LogP contribution in [0.5, 0.6) is 0 Å². The SMILES string of the molecule is Cc1[nH]c2c(-c3ccccc3)c(-c3ccccc3)nn2c(=O)c1-c1ccc2occc2c1. The summed E-state index contributed by atoms with van der Waals surface area (Å²) in [6, 6.07) is 27.7. The van der Waals surface area contributed by atoms with Crippen LogP contribution in [0.3, 0.4) is 0 Å². The fourth-order valence-electron chi connectivity index (χ4n) is 4.33. The van der Waals surface area contributed by atoms with E-state index in [1.807, 2.05) is 91.9 Å². The van der Waals surface area contributed by atoms with Crippen LogP contribution in [-0.2, 0) is 0 Å². The average Bonchev–Trinajstić information content (AvgIpc) is 3.45. The number of furan rings is 1. The lowest BCUT2D eigenvalue weighted by atomic mass is 10.0. The molecule has 154 valence electrons. The average molecular weight is 417 g/mol. The first-order valence-corrected chi connectivity index (χ1v) is 10.4. The summed E-state index contributed by atoms with van der Waals surface area (Å²) < 4.78 is 6.95. The molecule has 3 aromatic carbocycles. The number of fused-ring (bicyclic) bond motifs is 2.